The molecular formula is C19H25N3O4S. The van der Waals surface area contributed by atoms with Crippen molar-refractivity contribution < 1.29 is 17.7 Å². The van der Waals surface area contributed by atoms with Crippen molar-refractivity contribution in [1.29, 1.82) is 0 Å². The molecule has 0 radical (unpaired) electrons. The summed E-state index contributed by atoms with van der Waals surface area (Å²) in [4.78, 5) is 12.2. The minimum absolute atomic E-state index is 0.253. The van der Waals surface area contributed by atoms with E-state index in [1.165, 1.54) is 22.7 Å². The van der Waals surface area contributed by atoms with Crippen LogP contribution in [0.15, 0.2) is 52.6 Å². The lowest BCUT2D eigenvalue weighted by molar-refractivity contribution is -0.116. The predicted molar refractivity (Wildman–Crippen MR) is 105 cm³/mol. The summed E-state index contributed by atoms with van der Waals surface area (Å²) in [7, 11) is -3.73. The largest absolute Gasteiger partial charge is 0.363 e. The van der Waals surface area contributed by atoms with Gasteiger partial charge < -0.3 is 9.84 Å². The van der Waals surface area contributed by atoms with E-state index in [2.05, 4.69) is 21.9 Å². The Morgan fingerprint density at radius 3 is 2.63 bits per heavy atom. The van der Waals surface area contributed by atoms with Gasteiger partial charge in [-0.3, -0.25) is 4.79 Å². The fourth-order valence-electron chi connectivity index (χ4n) is 2.45. The lowest BCUT2D eigenvalue weighted by Gasteiger charge is -2.19. The quantitative estimate of drug-likeness (QED) is 0.592. The lowest BCUT2D eigenvalue weighted by atomic mass is 10.2. The molecule has 1 heterocycles. The lowest BCUT2D eigenvalue weighted by Crippen LogP contribution is -2.37. The first-order valence-corrected chi connectivity index (χ1v) is 10.4. The average molecular weight is 391 g/mol. The number of rotatable bonds is 11. The van der Waals surface area contributed by atoms with Crippen LogP contribution in [0.5, 0.6) is 0 Å². The third kappa shape index (κ3) is 7.36. The van der Waals surface area contributed by atoms with Crippen LogP contribution in [-0.2, 0) is 14.8 Å². The molecule has 0 spiro atoms. The maximum absolute atomic E-state index is 12.7. The van der Waals surface area contributed by atoms with E-state index in [4.69, 9.17) is 0 Å². The van der Waals surface area contributed by atoms with Gasteiger partial charge in [0.2, 0.25) is 15.9 Å². The van der Waals surface area contributed by atoms with E-state index in [1.54, 1.807) is 0 Å². The number of amides is 1. The van der Waals surface area contributed by atoms with Gasteiger partial charge in [0, 0.05) is 18.0 Å². The second-order valence-corrected chi connectivity index (χ2v) is 7.90. The molecule has 0 aliphatic carbocycles. The number of nitrogens with one attached hydrogen (secondary N) is 1. The Morgan fingerprint density at radius 1 is 1.19 bits per heavy atom. The molecule has 2 rings (SSSR count). The predicted octanol–water partition coefficient (Wildman–Crippen LogP) is 3.50. The Morgan fingerprint density at radius 2 is 1.96 bits per heavy atom. The number of aromatic nitrogens is 1. The molecule has 0 saturated carbocycles. The van der Waals surface area contributed by atoms with Crippen molar-refractivity contribution in [2.24, 2.45) is 0 Å². The van der Waals surface area contributed by atoms with E-state index in [0.29, 0.717) is 6.42 Å². The topological polar surface area (TPSA) is 92.5 Å². The van der Waals surface area contributed by atoms with Crippen LogP contribution in [0.3, 0.4) is 0 Å². The first-order valence-electron chi connectivity index (χ1n) is 8.95. The maximum atomic E-state index is 12.7. The molecule has 1 N–H and O–H groups in total. The second kappa shape index (κ2) is 10.6. The maximum Gasteiger partial charge on any atom is 0.240 e. The number of nitrogens with zero attached hydrogens (tertiary/aromatic N) is 2. The number of unbranched alkanes of at least 4 members (excludes halogenated alkanes) is 3. The van der Waals surface area contributed by atoms with Crippen LogP contribution in [0, 0.1) is 0 Å². The average Bonchev–Trinajstić information content (AvgIpc) is 3.16. The number of carbonyl (C=O) groups excluding carboxylic acids is 1. The molecule has 0 aliphatic heterocycles. The third-order valence-electron chi connectivity index (χ3n) is 3.88. The van der Waals surface area contributed by atoms with E-state index < -0.39 is 15.9 Å². The van der Waals surface area contributed by atoms with Crippen molar-refractivity contribution in [2.75, 3.05) is 18.4 Å². The van der Waals surface area contributed by atoms with Crippen LogP contribution >= 0.6 is 0 Å². The van der Waals surface area contributed by atoms with Crippen LogP contribution in [0.2, 0.25) is 0 Å². The fourth-order valence-corrected chi connectivity index (χ4v) is 3.63. The van der Waals surface area contributed by atoms with Gasteiger partial charge in [-0.2, -0.15) is 4.31 Å². The summed E-state index contributed by atoms with van der Waals surface area (Å²) in [5.74, 6) is -0.209. The van der Waals surface area contributed by atoms with E-state index in [1.807, 2.05) is 30.3 Å². The minimum Gasteiger partial charge on any atom is -0.363 e. The third-order valence-corrected chi connectivity index (χ3v) is 5.39. The van der Waals surface area contributed by atoms with Gasteiger partial charge in [0.1, 0.15) is 6.26 Å². The highest BCUT2D eigenvalue weighted by atomic mass is 32.2. The van der Waals surface area contributed by atoms with Crippen LogP contribution in [-0.4, -0.2) is 36.9 Å². The smallest absolute Gasteiger partial charge is 0.240 e. The highest BCUT2D eigenvalue weighted by molar-refractivity contribution is 7.92. The van der Waals surface area contributed by atoms with Crippen LogP contribution in [0.1, 0.15) is 38.2 Å². The standard InChI is InChI=1S/C19H25N3O4S/c1-2-3-4-8-13-22(16-19(23)20-18-11-14-26-21-18)27(24,25)15-12-17-9-6-5-7-10-17/h5-7,9-12,14-15H,2-4,8,13,16H2,1H3,(H,20,21,23). The number of carbonyl (C=O) groups is 1. The summed E-state index contributed by atoms with van der Waals surface area (Å²) < 4.78 is 31.3. The molecule has 1 aromatic carbocycles. The van der Waals surface area contributed by atoms with Crippen molar-refractivity contribution >= 4 is 27.8 Å². The normalized spacial score (nSPS) is 11.9. The summed E-state index contributed by atoms with van der Waals surface area (Å²) in [6.07, 6.45) is 6.55. The van der Waals surface area contributed by atoms with Gasteiger partial charge in [0.25, 0.3) is 0 Å². The van der Waals surface area contributed by atoms with E-state index in [0.717, 1.165) is 30.2 Å². The fraction of sp³-hybridized carbons (Fsp3) is 0.368. The van der Waals surface area contributed by atoms with E-state index >= 15 is 0 Å². The van der Waals surface area contributed by atoms with Gasteiger partial charge in [-0.1, -0.05) is 61.7 Å². The molecule has 0 aliphatic rings. The molecule has 2 aromatic rings. The van der Waals surface area contributed by atoms with E-state index in [-0.39, 0.29) is 18.9 Å². The number of hydrogen-bond donors (Lipinski definition) is 1. The Hall–Kier alpha value is -2.45. The first-order chi connectivity index (χ1) is 13.0. The number of hydrogen-bond acceptors (Lipinski definition) is 5. The van der Waals surface area contributed by atoms with Crippen molar-refractivity contribution in [1.82, 2.24) is 9.46 Å². The Kier molecular flexibility index (Phi) is 8.22. The van der Waals surface area contributed by atoms with Crippen molar-refractivity contribution in [3.8, 4) is 0 Å². The summed E-state index contributed by atoms with van der Waals surface area (Å²) in [6.45, 7) is 2.09. The van der Waals surface area contributed by atoms with Gasteiger partial charge in [-0.15, -0.1) is 0 Å². The van der Waals surface area contributed by atoms with Crippen LogP contribution < -0.4 is 5.32 Å². The molecular weight excluding hydrogens is 366 g/mol. The van der Waals surface area contributed by atoms with Crippen LogP contribution in [0.4, 0.5) is 5.82 Å². The number of benzene rings is 1. The molecule has 1 aromatic heterocycles. The van der Waals surface area contributed by atoms with Crippen molar-refractivity contribution in [2.45, 2.75) is 32.6 Å². The summed E-state index contributed by atoms with van der Waals surface area (Å²) in [5.41, 5.74) is 0.777. The Labute approximate surface area is 160 Å². The Balaban J connectivity index is 2.06. The van der Waals surface area contributed by atoms with E-state index in [9.17, 15) is 13.2 Å². The van der Waals surface area contributed by atoms with Gasteiger partial charge >= 0.3 is 0 Å². The molecule has 7 nitrogen and oxygen atoms in total. The zero-order valence-electron chi connectivity index (χ0n) is 15.4. The highest BCUT2D eigenvalue weighted by Crippen LogP contribution is 2.11. The van der Waals surface area contributed by atoms with Crippen molar-refractivity contribution in [3.63, 3.8) is 0 Å². The SMILES string of the molecule is CCCCCCN(CC(=O)Nc1ccon1)S(=O)(=O)C=Cc1ccccc1. The van der Waals surface area contributed by atoms with Gasteiger partial charge in [0.15, 0.2) is 5.82 Å². The minimum atomic E-state index is -3.73. The van der Waals surface area contributed by atoms with Gasteiger partial charge in [-0.25, -0.2) is 8.42 Å². The van der Waals surface area contributed by atoms with Gasteiger partial charge in [-0.05, 0) is 18.1 Å². The molecule has 0 bridgehead atoms. The summed E-state index contributed by atoms with van der Waals surface area (Å²) >= 11 is 0. The molecule has 0 fully saturated rings. The summed E-state index contributed by atoms with van der Waals surface area (Å²) in [5, 5.41) is 7.27. The number of anilines is 1. The van der Waals surface area contributed by atoms with Crippen LogP contribution in [0.25, 0.3) is 6.08 Å². The Bertz CT molecular complexity index is 818. The molecule has 0 atom stereocenters. The van der Waals surface area contributed by atoms with Gasteiger partial charge in [0.05, 0.1) is 6.54 Å². The molecule has 1 amide bonds. The molecule has 27 heavy (non-hydrogen) atoms. The monoisotopic (exact) mass is 391 g/mol. The van der Waals surface area contributed by atoms with Crippen molar-refractivity contribution in [3.05, 3.63) is 53.6 Å². The number of sulfonamides is 1. The summed E-state index contributed by atoms with van der Waals surface area (Å²) in [6, 6.07) is 10.7. The zero-order valence-corrected chi connectivity index (χ0v) is 16.2. The highest BCUT2D eigenvalue weighted by Gasteiger charge is 2.22. The second-order valence-electron chi connectivity index (χ2n) is 6.09. The molecule has 8 heteroatoms. The first kappa shape index (κ1) is 20.9. The molecule has 0 saturated heterocycles. The molecule has 0 unspecified atom stereocenters. The molecule has 146 valence electrons. The zero-order chi connectivity index (χ0) is 19.5.